The normalized spacial score (nSPS) is 23.8. The van der Waals surface area contributed by atoms with Crippen LogP contribution in [-0.4, -0.2) is 24.5 Å². The van der Waals surface area contributed by atoms with Crippen molar-refractivity contribution in [2.75, 3.05) is 13.6 Å². The molecular weight excluding hydrogens is 279 g/mol. The second-order valence-corrected chi connectivity index (χ2v) is 6.41. The second kappa shape index (κ2) is 6.94. The summed E-state index contributed by atoms with van der Waals surface area (Å²) >= 11 is 12.1. The topological polar surface area (TPSA) is 29.3 Å². The van der Waals surface area contributed by atoms with Crippen LogP contribution in [-0.2, 0) is 6.54 Å². The van der Waals surface area contributed by atoms with Crippen LogP contribution in [0.1, 0.15) is 31.2 Å². The molecule has 106 valence electrons. The monoisotopic (exact) mass is 300 g/mol. The molecule has 0 amide bonds. The molecule has 2 N–H and O–H groups in total. The molecule has 1 saturated carbocycles. The van der Waals surface area contributed by atoms with Gasteiger partial charge in [0.15, 0.2) is 0 Å². The summed E-state index contributed by atoms with van der Waals surface area (Å²) < 4.78 is 0. The number of rotatable bonds is 4. The van der Waals surface area contributed by atoms with E-state index in [0.717, 1.165) is 13.1 Å². The van der Waals surface area contributed by atoms with Gasteiger partial charge in [-0.3, -0.25) is 4.90 Å². The Morgan fingerprint density at radius 1 is 1.16 bits per heavy atom. The van der Waals surface area contributed by atoms with E-state index in [0.29, 0.717) is 22.0 Å². The van der Waals surface area contributed by atoms with Crippen molar-refractivity contribution in [3.8, 4) is 0 Å². The SMILES string of the molecule is CN(Cc1cc(Cl)cc(Cl)c1)C1CCCCC1CN. The van der Waals surface area contributed by atoms with Gasteiger partial charge in [0.2, 0.25) is 0 Å². The zero-order valence-electron chi connectivity index (χ0n) is 11.4. The molecule has 1 aromatic rings. The summed E-state index contributed by atoms with van der Waals surface area (Å²) in [6.45, 7) is 1.66. The molecule has 0 heterocycles. The third-order valence-electron chi connectivity index (χ3n) is 4.09. The Morgan fingerprint density at radius 3 is 2.42 bits per heavy atom. The Labute approximate surface area is 125 Å². The van der Waals surface area contributed by atoms with Crippen molar-refractivity contribution in [2.24, 2.45) is 11.7 Å². The maximum absolute atomic E-state index is 6.05. The van der Waals surface area contributed by atoms with Crippen LogP contribution in [0.25, 0.3) is 0 Å². The molecule has 0 bridgehead atoms. The van der Waals surface area contributed by atoms with Crippen LogP contribution in [0.15, 0.2) is 18.2 Å². The van der Waals surface area contributed by atoms with Crippen LogP contribution in [0.2, 0.25) is 10.0 Å². The highest BCUT2D eigenvalue weighted by Crippen LogP contribution is 2.28. The smallest absolute Gasteiger partial charge is 0.0424 e. The number of nitrogens with two attached hydrogens (primary N) is 1. The lowest BCUT2D eigenvalue weighted by atomic mass is 9.83. The molecule has 1 aliphatic rings. The molecule has 2 unspecified atom stereocenters. The quantitative estimate of drug-likeness (QED) is 0.912. The van der Waals surface area contributed by atoms with E-state index in [2.05, 4.69) is 11.9 Å². The minimum Gasteiger partial charge on any atom is -0.330 e. The number of benzene rings is 1. The predicted octanol–water partition coefficient (Wildman–Crippen LogP) is 3.94. The van der Waals surface area contributed by atoms with E-state index in [9.17, 15) is 0 Å². The lowest BCUT2D eigenvalue weighted by Gasteiger charge is -2.37. The summed E-state index contributed by atoms with van der Waals surface area (Å²) in [7, 11) is 2.17. The molecule has 0 aromatic heterocycles. The van der Waals surface area contributed by atoms with Gasteiger partial charge in [-0.05, 0) is 56.1 Å². The van der Waals surface area contributed by atoms with Gasteiger partial charge in [0.05, 0.1) is 0 Å². The van der Waals surface area contributed by atoms with E-state index in [4.69, 9.17) is 28.9 Å². The van der Waals surface area contributed by atoms with E-state index < -0.39 is 0 Å². The highest BCUT2D eigenvalue weighted by Gasteiger charge is 2.27. The van der Waals surface area contributed by atoms with Crippen molar-refractivity contribution < 1.29 is 0 Å². The molecule has 1 aliphatic carbocycles. The first-order chi connectivity index (χ1) is 9.10. The van der Waals surface area contributed by atoms with Crippen molar-refractivity contribution >= 4 is 23.2 Å². The lowest BCUT2D eigenvalue weighted by Crippen LogP contribution is -2.42. The van der Waals surface area contributed by atoms with Crippen molar-refractivity contribution in [3.63, 3.8) is 0 Å². The first kappa shape index (κ1) is 15.1. The van der Waals surface area contributed by atoms with E-state index in [1.165, 1.54) is 31.2 Å². The summed E-state index contributed by atoms with van der Waals surface area (Å²) in [6.07, 6.45) is 5.12. The van der Waals surface area contributed by atoms with E-state index in [1.54, 1.807) is 6.07 Å². The third kappa shape index (κ3) is 4.09. The molecule has 2 nitrogen and oxygen atoms in total. The van der Waals surface area contributed by atoms with Gasteiger partial charge in [0, 0.05) is 22.6 Å². The summed E-state index contributed by atoms with van der Waals surface area (Å²) in [5.74, 6) is 0.619. The Balaban J connectivity index is 2.04. The zero-order chi connectivity index (χ0) is 13.8. The number of hydrogen-bond acceptors (Lipinski definition) is 2. The molecule has 1 aromatic carbocycles. The average molecular weight is 301 g/mol. The largest absolute Gasteiger partial charge is 0.330 e. The van der Waals surface area contributed by atoms with Crippen LogP contribution < -0.4 is 5.73 Å². The highest BCUT2D eigenvalue weighted by atomic mass is 35.5. The Hall–Kier alpha value is -0.280. The molecule has 0 aliphatic heterocycles. The van der Waals surface area contributed by atoms with Gasteiger partial charge < -0.3 is 5.73 Å². The van der Waals surface area contributed by atoms with Crippen LogP contribution in [0.5, 0.6) is 0 Å². The van der Waals surface area contributed by atoms with Gasteiger partial charge in [-0.1, -0.05) is 36.0 Å². The van der Waals surface area contributed by atoms with Gasteiger partial charge in [-0.2, -0.15) is 0 Å². The van der Waals surface area contributed by atoms with Crippen LogP contribution in [0, 0.1) is 5.92 Å². The summed E-state index contributed by atoms with van der Waals surface area (Å²) in [5, 5.41) is 1.41. The fourth-order valence-electron chi connectivity index (χ4n) is 3.15. The summed E-state index contributed by atoms with van der Waals surface area (Å²) in [5.41, 5.74) is 7.07. The summed E-state index contributed by atoms with van der Waals surface area (Å²) in [6, 6.07) is 6.33. The minimum absolute atomic E-state index is 0.580. The van der Waals surface area contributed by atoms with E-state index in [1.807, 2.05) is 12.1 Å². The fraction of sp³-hybridized carbons (Fsp3) is 0.600. The first-order valence-electron chi connectivity index (χ1n) is 6.95. The second-order valence-electron chi connectivity index (χ2n) is 5.54. The molecule has 4 heteroatoms. The fourth-order valence-corrected chi connectivity index (χ4v) is 3.72. The van der Waals surface area contributed by atoms with Crippen molar-refractivity contribution in [1.82, 2.24) is 4.90 Å². The van der Waals surface area contributed by atoms with Gasteiger partial charge in [-0.25, -0.2) is 0 Å². The molecule has 0 saturated heterocycles. The number of nitrogens with zero attached hydrogens (tertiary/aromatic N) is 1. The molecule has 1 fully saturated rings. The molecule has 0 spiro atoms. The molecule has 2 rings (SSSR count). The van der Waals surface area contributed by atoms with Crippen molar-refractivity contribution in [2.45, 2.75) is 38.3 Å². The average Bonchev–Trinajstić information content (AvgIpc) is 2.37. The summed E-state index contributed by atoms with van der Waals surface area (Å²) in [4.78, 5) is 2.40. The third-order valence-corrected chi connectivity index (χ3v) is 4.53. The maximum atomic E-state index is 6.05. The predicted molar refractivity (Wildman–Crippen MR) is 82.7 cm³/mol. The van der Waals surface area contributed by atoms with E-state index >= 15 is 0 Å². The van der Waals surface area contributed by atoms with Gasteiger partial charge in [0.25, 0.3) is 0 Å². The molecule has 2 atom stereocenters. The molecular formula is C15H22Cl2N2. The van der Waals surface area contributed by atoms with Gasteiger partial charge in [-0.15, -0.1) is 0 Å². The standard InChI is InChI=1S/C15H22Cl2N2/c1-19(15-5-3-2-4-12(15)9-18)10-11-6-13(16)8-14(17)7-11/h6-8,12,15H,2-5,9-10,18H2,1H3. The zero-order valence-corrected chi connectivity index (χ0v) is 12.9. The lowest BCUT2D eigenvalue weighted by molar-refractivity contribution is 0.127. The Morgan fingerprint density at radius 2 is 1.79 bits per heavy atom. The molecule has 19 heavy (non-hydrogen) atoms. The maximum Gasteiger partial charge on any atom is 0.0424 e. The van der Waals surface area contributed by atoms with E-state index in [-0.39, 0.29) is 0 Å². The number of halogens is 2. The van der Waals surface area contributed by atoms with Crippen molar-refractivity contribution in [1.29, 1.82) is 0 Å². The Bertz CT molecular complexity index is 402. The number of hydrogen-bond donors (Lipinski definition) is 1. The van der Waals surface area contributed by atoms with Crippen LogP contribution >= 0.6 is 23.2 Å². The molecule has 0 radical (unpaired) electrons. The van der Waals surface area contributed by atoms with Gasteiger partial charge in [0.1, 0.15) is 0 Å². The van der Waals surface area contributed by atoms with Crippen molar-refractivity contribution in [3.05, 3.63) is 33.8 Å². The Kier molecular flexibility index (Phi) is 5.52. The first-order valence-corrected chi connectivity index (χ1v) is 7.71. The van der Waals surface area contributed by atoms with Crippen LogP contribution in [0.4, 0.5) is 0 Å². The van der Waals surface area contributed by atoms with Gasteiger partial charge >= 0.3 is 0 Å². The minimum atomic E-state index is 0.580. The highest BCUT2D eigenvalue weighted by molar-refractivity contribution is 6.34. The van der Waals surface area contributed by atoms with Crippen LogP contribution in [0.3, 0.4) is 0 Å².